The molecule has 1 aromatic heterocycles. The number of nitrogens with zero attached hydrogens (tertiary/aromatic N) is 2. The van der Waals surface area contributed by atoms with Gasteiger partial charge in [-0.2, -0.15) is 0 Å². The molecular weight excluding hydrogens is 258 g/mol. The first-order chi connectivity index (χ1) is 9.33. The summed E-state index contributed by atoms with van der Waals surface area (Å²) in [7, 11) is 1.94. The van der Waals surface area contributed by atoms with E-state index in [-0.39, 0.29) is 0 Å². The molecule has 0 saturated heterocycles. The van der Waals surface area contributed by atoms with Gasteiger partial charge < -0.3 is 10.1 Å². The first-order valence-corrected chi connectivity index (χ1v) is 7.35. The van der Waals surface area contributed by atoms with Crippen molar-refractivity contribution in [1.29, 1.82) is 0 Å². The largest absolute Gasteiger partial charge is 0.494 e. The third-order valence-corrected chi connectivity index (χ3v) is 3.64. The number of hydrogen-bond acceptors (Lipinski definition) is 5. The van der Waals surface area contributed by atoms with Crippen molar-refractivity contribution in [1.82, 2.24) is 15.5 Å². The lowest BCUT2D eigenvalue weighted by atomic mass is 10.2. The second-order valence-corrected chi connectivity index (χ2v) is 5.29. The molecule has 2 rings (SSSR count). The van der Waals surface area contributed by atoms with Crippen LogP contribution in [0, 0.1) is 0 Å². The van der Waals surface area contributed by atoms with Gasteiger partial charge in [0.1, 0.15) is 15.8 Å². The second kappa shape index (κ2) is 7.21. The Labute approximate surface area is 117 Å². The van der Waals surface area contributed by atoms with Crippen LogP contribution in [0.15, 0.2) is 24.3 Å². The number of rotatable bonds is 7. The highest BCUT2D eigenvalue weighted by atomic mass is 32.1. The van der Waals surface area contributed by atoms with Gasteiger partial charge in [-0.3, -0.25) is 0 Å². The summed E-state index contributed by atoms with van der Waals surface area (Å²) in [6, 6.07) is 8.04. The summed E-state index contributed by atoms with van der Waals surface area (Å²) in [5.41, 5.74) is 1.07. The molecule has 5 heteroatoms. The van der Waals surface area contributed by atoms with E-state index in [0.29, 0.717) is 0 Å². The molecule has 0 bridgehead atoms. The Kier molecular flexibility index (Phi) is 5.30. The molecule has 0 saturated carbocycles. The summed E-state index contributed by atoms with van der Waals surface area (Å²) in [6.45, 7) is 3.77. The van der Waals surface area contributed by atoms with E-state index in [4.69, 9.17) is 4.74 Å². The summed E-state index contributed by atoms with van der Waals surface area (Å²) in [5, 5.41) is 13.6. The van der Waals surface area contributed by atoms with Gasteiger partial charge >= 0.3 is 0 Å². The van der Waals surface area contributed by atoms with Crippen molar-refractivity contribution >= 4 is 11.3 Å². The number of likely N-dealkylation sites (N-methyl/N-ethyl adjacent to an activating group) is 1. The molecule has 0 atom stereocenters. The van der Waals surface area contributed by atoms with E-state index in [1.54, 1.807) is 11.3 Å². The molecule has 0 aliphatic rings. The predicted octanol–water partition coefficient (Wildman–Crippen LogP) is 2.76. The van der Waals surface area contributed by atoms with Gasteiger partial charge in [-0.15, -0.1) is 10.2 Å². The van der Waals surface area contributed by atoms with E-state index in [2.05, 4.69) is 22.4 Å². The first-order valence-electron chi connectivity index (χ1n) is 6.53. The number of benzene rings is 1. The van der Waals surface area contributed by atoms with Gasteiger partial charge in [-0.05, 0) is 25.6 Å². The molecule has 19 heavy (non-hydrogen) atoms. The molecule has 0 unspecified atom stereocenters. The van der Waals surface area contributed by atoms with Crippen molar-refractivity contribution in [3.8, 4) is 16.3 Å². The Morgan fingerprint density at radius 2 is 2.21 bits per heavy atom. The molecule has 102 valence electrons. The average Bonchev–Trinajstić information content (AvgIpc) is 2.92. The summed E-state index contributed by atoms with van der Waals surface area (Å²) < 4.78 is 5.64. The van der Waals surface area contributed by atoms with Crippen molar-refractivity contribution in [3.63, 3.8) is 0 Å². The number of hydrogen-bond donors (Lipinski definition) is 1. The predicted molar refractivity (Wildman–Crippen MR) is 78.8 cm³/mol. The quantitative estimate of drug-likeness (QED) is 0.845. The van der Waals surface area contributed by atoms with Crippen LogP contribution in [0.2, 0.25) is 0 Å². The van der Waals surface area contributed by atoms with Crippen molar-refractivity contribution in [2.45, 2.75) is 19.8 Å². The third kappa shape index (κ3) is 4.01. The molecule has 0 aliphatic heterocycles. The topological polar surface area (TPSA) is 47.0 Å². The lowest BCUT2D eigenvalue weighted by molar-refractivity contribution is 0.317. The van der Waals surface area contributed by atoms with Crippen LogP contribution in [-0.2, 0) is 6.42 Å². The molecular formula is C14H19N3OS. The van der Waals surface area contributed by atoms with Gasteiger partial charge in [0.15, 0.2) is 0 Å². The van der Waals surface area contributed by atoms with E-state index < -0.39 is 0 Å². The fraction of sp³-hybridized carbons (Fsp3) is 0.429. The molecule has 0 amide bonds. The molecule has 0 aliphatic carbocycles. The van der Waals surface area contributed by atoms with Gasteiger partial charge in [0.2, 0.25) is 0 Å². The summed E-state index contributed by atoms with van der Waals surface area (Å²) in [6.07, 6.45) is 1.93. The van der Waals surface area contributed by atoms with Gasteiger partial charge in [0.25, 0.3) is 0 Å². The highest BCUT2D eigenvalue weighted by molar-refractivity contribution is 7.14. The van der Waals surface area contributed by atoms with E-state index in [1.165, 1.54) is 0 Å². The number of aromatic nitrogens is 2. The van der Waals surface area contributed by atoms with Crippen LogP contribution in [0.1, 0.15) is 18.4 Å². The lowest BCUT2D eigenvalue weighted by Crippen LogP contribution is -2.09. The fourth-order valence-electron chi connectivity index (χ4n) is 1.64. The van der Waals surface area contributed by atoms with Gasteiger partial charge in [-0.1, -0.05) is 30.4 Å². The Bertz CT molecular complexity index is 513. The van der Waals surface area contributed by atoms with Gasteiger partial charge in [-0.25, -0.2) is 0 Å². The first kappa shape index (κ1) is 14.0. The smallest absolute Gasteiger partial charge is 0.147 e. The molecule has 0 fully saturated rings. The summed E-state index contributed by atoms with van der Waals surface area (Å²) in [4.78, 5) is 0. The van der Waals surface area contributed by atoms with Crippen molar-refractivity contribution in [2.75, 3.05) is 20.2 Å². The third-order valence-electron chi connectivity index (χ3n) is 2.61. The second-order valence-electron chi connectivity index (χ2n) is 4.23. The van der Waals surface area contributed by atoms with Crippen LogP contribution in [0.25, 0.3) is 10.6 Å². The highest BCUT2D eigenvalue weighted by Crippen LogP contribution is 2.26. The lowest BCUT2D eigenvalue weighted by Gasteiger charge is -2.04. The van der Waals surface area contributed by atoms with Crippen LogP contribution < -0.4 is 10.1 Å². The maximum absolute atomic E-state index is 5.64. The van der Waals surface area contributed by atoms with Crippen LogP contribution in [0.3, 0.4) is 0 Å². The van der Waals surface area contributed by atoms with Gasteiger partial charge in [0, 0.05) is 18.5 Å². The maximum atomic E-state index is 5.64. The zero-order valence-corrected chi connectivity index (χ0v) is 12.2. The van der Waals surface area contributed by atoms with Crippen molar-refractivity contribution in [2.24, 2.45) is 0 Å². The molecule has 2 aromatic rings. The SMILES string of the molecule is CCCOc1cccc(-c2nnc(CCNC)s2)c1. The molecule has 0 radical (unpaired) electrons. The highest BCUT2D eigenvalue weighted by Gasteiger charge is 2.07. The minimum atomic E-state index is 0.743. The zero-order chi connectivity index (χ0) is 13.5. The molecule has 1 N–H and O–H groups in total. The van der Waals surface area contributed by atoms with Crippen LogP contribution in [-0.4, -0.2) is 30.4 Å². The average molecular weight is 277 g/mol. The van der Waals surface area contributed by atoms with Crippen molar-refractivity contribution in [3.05, 3.63) is 29.3 Å². The van der Waals surface area contributed by atoms with Crippen LogP contribution in [0.4, 0.5) is 0 Å². The zero-order valence-electron chi connectivity index (χ0n) is 11.3. The van der Waals surface area contributed by atoms with Gasteiger partial charge in [0.05, 0.1) is 6.61 Å². The number of ether oxygens (including phenoxy) is 1. The van der Waals surface area contributed by atoms with E-state index in [0.717, 1.165) is 47.3 Å². The van der Waals surface area contributed by atoms with Crippen LogP contribution in [0.5, 0.6) is 5.75 Å². The summed E-state index contributed by atoms with van der Waals surface area (Å²) >= 11 is 1.64. The minimum Gasteiger partial charge on any atom is -0.494 e. The van der Waals surface area contributed by atoms with E-state index in [1.807, 2.05) is 31.3 Å². The molecule has 1 heterocycles. The Morgan fingerprint density at radius 3 is 3.00 bits per heavy atom. The Balaban J connectivity index is 2.10. The van der Waals surface area contributed by atoms with Crippen molar-refractivity contribution < 1.29 is 4.74 Å². The van der Waals surface area contributed by atoms with Crippen LogP contribution >= 0.6 is 11.3 Å². The maximum Gasteiger partial charge on any atom is 0.147 e. The van der Waals surface area contributed by atoms with E-state index >= 15 is 0 Å². The minimum absolute atomic E-state index is 0.743. The Hall–Kier alpha value is -1.46. The standard InChI is InChI=1S/C14H19N3OS/c1-3-9-18-12-6-4-5-11(10-12)14-17-16-13(19-14)7-8-15-2/h4-6,10,15H,3,7-9H2,1-2H3. The Morgan fingerprint density at radius 1 is 1.32 bits per heavy atom. The van der Waals surface area contributed by atoms with E-state index in [9.17, 15) is 0 Å². The molecule has 4 nitrogen and oxygen atoms in total. The fourth-order valence-corrected chi connectivity index (χ4v) is 2.48. The number of nitrogens with one attached hydrogen (secondary N) is 1. The molecule has 0 spiro atoms. The normalized spacial score (nSPS) is 10.6. The monoisotopic (exact) mass is 277 g/mol. The molecule has 1 aromatic carbocycles. The summed E-state index contributed by atoms with van der Waals surface area (Å²) in [5.74, 6) is 0.895.